The van der Waals surface area contributed by atoms with Gasteiger partial charge in [-0.1, -0.05) is 18.2 Å². The van der Waals surface area contributed by atoms with E-state index in [4.69, 9.17) is 9.47 Å². The zero-order valence-electron chi connectivity index (χ0n) is 18.3. The lowest BCUT2D eigenvalue weighted by molar-refractivity contribution is -0.384. The van der Waals surface area contributed by atoms with Crippen LogP contribution >= 0.6 is 11.3 Å². The van der Waals surface area contributed by atoms with Crippen LogP contribution in [0.2, 0.25) is 0 Å². The van der Waals surface area contributed by atoms with Gasteiger partial charge in [-0.2, -0.15) is 0 Å². The van der Waals surface area contributed by atoms with Crippen molar-refractivity contribution in [2.24, 2.45) is 0 Å². The normalized spacial score (nSPS) is 17.1. The number of hydrogen-bond acceptors (Lipinski definition) is 8. The van der Waals surface area contributed by atoms with Crippen LogP contribution < -0.4 is 9.47 Å². The summed E-state index contributed by atoms with van der Waals surface area (Å²) in [4.78, 5) is 39.0. The number of nitro groups is 1. The number of amides is 1. The average molecular weight is 480 g/mol. The lowest BCUT2D eigenvalue weighted by Gasteiger charge is -2.26. The zero-order valence-corrected chi connectivity index (χ0v) is 19.1. The van der Waals surface area contributed by atoms with Crippen LogP contribution in [0.5, 0.6) is 11.5 Å². The molecule has 3 aromatic rings. The van der Waals surface area contributed by atoms with Crippen LogP contribution in [-0.4, -0.2) is 40.8 Å². The Balaban J connectivity index is 1.92. The molecule has 0 spiro atoms. The average Bonchev–Trinajstić information content (AvgIpc) is 3.45. The molecule has 174 valence electrons. The van der Waals surface area contributed by atoms with Gasteiger partial charge in [0.1, 0.15) is 5.76 Å². The van der Waals surface area contributed by atoms with Crippen molar-refractivity contribution in [2.75, 3.05) is 14.2 Å². The number of thiophene rings is 1. The number of nitrogens with zero attached hydrogens (tertiary/aromatic N) is 2. The minimum atomic E-state index is -0.970. The Labute approximate surface area is 198 Å². The second kappa shape index (κ2) is 9.36. The first kappa shape index (κ1) is 23.0. The second-order valence-electron chi connectivity index (χ2n) is 7.39. The van der Waals surface area contributed by atoms with E-state index in [2.05, 4.69) is 0 Å². The molecule has 1 atom stereocenters. The Morgan fingerprint density at radius 1 is 1.09 bits per heavy atom. The monoisotopic (exact) mass is 480 g/mol. The van der Waals surface area contributed by atoms with E-state index < -0.39 is 28.4 Å². The van der Waals surface area contributed by atoms with Crippen molar-refractivity contribution in [2.45, 2.75) is 12.6 Å². The maximum atomic E-state index is 13.2. The first-order valence-corrected chi connectivity index (χ1v) is 11.0. The molecule has 34 heavy (non-hydrogen) atoms. The van der Waals surface area contributed by atoms with Crippen LogP contribution in [-0.2, 0) is 16.1 Å². The number of methoxy groups -OCH3 is 2. The molecule has 4 rings (SSSR count). The molecule has 1 aliphatic heterocycles. The van der Waals surface area contributed by atoms with Gasteiger partial charge >= 0.3 is 0 Å². The third kappa shape index (κ3) is 3.99. The molecule has 0 bridgehead atoms. The van der Waals surface area contributed by atoms with E-state index in [9.17, 15) is 24.8 Å². The number of likely N-dealkylation sites (tertiary alicyclic amines) is 1. The number of Topliss-reactive ketones (excluding diaryl/α,β-unsaturated/α-hetero) is 1. The summed E-state index contributed by atoms with van der Waals surface area (Å²) in [6.45, 7) is 0.143. The lowest BCUT2D eigenvalue weighted by Crippen LogP contribution is -2.29. The molecule has 2 heterocycles. The summed E-state index contributed by atoms with van der Waals surface area (Å²) in [5.41, 5.74) is 0.329. The van der Waals surface area contributed by atoms with Crippen molar-refractivity contribution in [1.82, 2.24) is 4.90 Å². The highest BCUT2D eigenvalue weighted by molar-refractivity contribution is 7.09. The number of para-hydroxylation sites is 1. The van der Waals surface area contributed by atoms with Crippen LogP contribution in [0.4, 0.5) is 5.69 Å². The zero-order chi connectivity index (χ0) is 24.4. The number of benzene rings is 2. The Morgan fingerprint density at radius 3 is 2.41 bits per heavy atom. The summed E-state index contributed by atoms with van der Waals surface area (Å²) in [5.74, 6) is -1.34. The topological polar surface area (TPSA) is 119 Å². The molecule has 1 saturated heterocycles. The molecule has 2 aromatic carbocycles. The van der Waals surface area contributed by atoms with Crippen molar-refractivity contribution in [3.63, 3.8) is 0 Å². The Hall–Kier alpha value is -4.18. The molecule has 0 radical (unpaired) electrons. The fourth-order valence-corrected chi connectivity index (χ4v) is 4.66. The molecule has 1 unspecified atom stereocenters. The van der Waals surface area contributed by atoms with Crippen molar-refractivity contribution < 1.29 is 29.1 Å². The van der Waals surface area contributed by atoms with E-state index in [0.29, 0.717) is 17.1 Å². The molecular weight excluding hydrogens is 460 g/mol. The van der Waals surface area contributed by atoms with Gasteiger partial charge in [-0.05, 0) is 29.6 Å². The van der Waals surface area contributed by atoms with Gasteiger partial charge in [0.25, 0.3) is 17.4 Å². The number of aliphatic hydroxyl groups is 1. The predicted molar refractivity (Wildman–Crippen MR) is 125 cm³/mol. The summed E-state index contributed by atoms with van der Waals surface area (Å²) >= 11 is 1.43. The minimum Gasteiger partial charge on any atom is -0.507 e. The van der Waals surface area contributed by atoms with E-state index in [1.165, 1.54) is 54.7 Å². The molecule has 1 fully saturated rings. The van der Waals surface area contributed by atoms with Gasteiger partial charge in [0.2, 0.25) is 0 Å². The van der Waals surface area contributed by atoms with Crippen LogP contribution in [0.3, 0.4) is 0 Å². The maximum absolute atomic E-state index is 13.2. The van der Waals surface area contributed by atoms with Gasteiger partial charge in [-0.25, -0.2) is 0 Å². The van der Waals surface area contributed by atoms with E-state index in [1.54, 1.807) is 18.2 Å². The van der Waals surface area contributed by atoms with Gasteiger partial charge in [0.15, 0.2) is 11.5 Å². The van der Waals surface area contributed by atoms with E-state index >= 15 is 0 Å². The van der Waals surface area contributed by atoms with E-state index in [0.717, 1.165) is 4.88 Å². The molecule has 1 amide bonds. The van der Waals surface area contributed by atoms with E-state index in [1.807, 2.05) is 17.5 Å². The molecule has 0 aliphatic carbocycles. The largest absolute Gasteiger partial charge is 0.507 e. The molecular formula is C24H20N2O7S. The Bertz CT molecular complexity index is 1280. The van der Waals surface area contributed by atoms with Crippen LogP contribution in [0.1, 0.15) is 22.0 Å². The number of ketones is 1. The van der Waals surface area contributed by atoms with Crippen LogP contribution in [0.15, 0.2) is 65.6 Å². The molecule has 1 aromatic heterocycles. The standard InChI is InChI=1S/C24H20N2O7S/c1-32-18-7-3-6-17(23(18)33-2)20-19(21(27)14-8-10-15(11-9-14)26(30)31)22(28)24(29)25(20)13-16-5-4-12-34-16/h3-12,20,27H,13H2,1-2H3/b21-19+. The quantitative estimate of drug-likeness (QED) is 0.176. The summed E-state index contributed by atoms with van der Waals surface area (Å²) in [6.07, 6.45) is 0. The van der Waals surface area contributed by atoms with Crippen LogP contribution in [0, 0.1) is 10.1 Å². The summed E-state index contributed by atoms with van der Waals surface area (Å²) in [5, 5.41) is 24.0. The second-order valence-corrected chi connectivity index (χ2v) is 8.43. The summed E-state index contributed by atoms with van der Waals surface area (Å²) < 4.78 is 11.0. The molecule has 9 nitrogen and oxygen atoms in total. The lowest BCUT2D eigenvalue weighted by atomic mass is 9.94. The van der Waals surface area contributed by atoms with Crippen molar-refractivity contribution in [1.29, 1.82) is 0 Å². The Kier molecular flexibility index (Phi) is 6.33. The van der Waals surface area contributed by atoms with Gasteiger partial charge in [-0.15, -0.1) is 11.3 Å². The highest BCUT2D eigenvalue weighted by atomic mass is 32.1. The number of nitro benzene ring substituents is 1. The third-order valence-electron chi connectivity index (χ3n) is 5.53. The number of non-ortho nitro benzene ring substituents is 1. The van der Waals surface area contributed by atoms with E-state index in [-0.39, 0.29) is 23.4 Å². The fourth-order valence-electron chi connectivity index (χ4n) is 3.96. The number of aliphatic hydroxyl groups excluding tert-OH is 1. The maximum Gasteiger partial charge on any atom is 0.295 e. The van der Waals surface area contributed by atoms with Crippen molar-refractivity contribution >= 4 is 34.5 Å². The van der Waals surface area contributed by atoms with Gasteiger partial charge in [0, 0.05) is 28.1 Å². The number of ether oxygens (including phenoxy) is 2. The number of carbonyl (C=O) groups is 2. The smallest absolute Gasteiger partial charge is 0.295 e. The van der Waals surface area contributed by atoms with Crippen molar-refractivity contribution in [3.8, 4) is 11.5 Å². The summed E-state index contributed by atoms with van der Waals surface area (Å²) in [7, 11) is 2.92. The van der Waals surface area contributed by atoms with Gasteiger partial charge in [-0.3, -0.25) is 19.7 Å². The van der Waals surface area contributed by atoms with Gasteiger partial charge in [0.05, 0.1) is 37.3 Å². The Morgan fingerprint density at radius 2 is 1.82 bits per heavy atom. The SMILES string of the molecule is COc1cccc(C2/C(=C(\O)c3ccc([N+](=O)[O-])cc3)C(=O)C(=O)N2Cc2cccs2)c1OC. The first-order chi connectivity index (χ1) is 16.4. The number of rotatable bonds is 7. The predicted octanol–water partition coefficient (Wildman–Crippen LogP) is 4.30. The third-order valence-corrected chi connectivity index (χ3v) is 6.39. The van der Waals surface area contributed by atoms with Gasteiger partial charge < -0.3 is 19.5 Å². The molecule has 0 saturated carbocycles. The molecule has 10 heteroatoms. The number of carbonyl (C=O) groups excluding carboxylic acids is 2. The first-order valence-electron chi connectivity index (χ1n) is 10.1. The summed E-state index contributed by atoms with van der Waals surface area (Å²) in [6, 6.07) is 12.9. The fraction of sp³-hybridized carbons (Fsp3) is 0.167. The van der Waals surface area contributed by atoms with Crippen LogP contribution in [0.25, 0.3) is 5.76 Å². The molecule has 1 aliphatic rings. The molecule has 1 N–H and O–H groups in total. The van der Waals surface area contributed by atoms with Crippen molar-refractivity contribution in [3.05, 3.63) is 91.7 Å². The minimum absolute atomic E-state index is 0.137. The highest BCUT2D eigenvalue weighted by Crippen LogP contribution is 2.46. The number of hydrogen-bond donors (Lipinski definition) is 1. The highest BCUT2D eigenvalue weighted by Gasteiger charge is 2.47.